The lowest BCUT2D eigenvalue weighted by Gasteiger charge is -2.06. The number of hydrogen-bond acceptors (Lipinski definition) is 3. The van der Waals surface area contributed by atoms with Crippen LogP contribution in [0, 0.1) is 0 Å². The predicted octanol–water partition coefficient (Wildman–Crippen LogP) is 2.32. The standard InChI is InChI=1S/C10H10BrNO3/c1-2-8(13)5-3-6(10(14)15)9(12)7(11)4-5/h3-4H,2,12H2,1H3,(H,14,15). The highest BCUT2D eigenvalue weighted by molar-refractivity contribution is 9.10. The van der Waals surface area contributed by atoms with Crippen molar-refractivity contribution >= 4 is 33.4 Å². The molecule has 0 aromatic heterocycles. The molecule has 15 heavy (non-hydrogen) atoms. The number of carboxylic acids is 1. The van der Waals surface area contributed by atoms with Crippen molar-refractivity contribution in [3.8, 4) is 0 Å². The monoisotopic (exact) mass is 271 g/mol. The summed E-state index contributed by atoms with van der Waals surface area (Å²) < 4.78 is 0.430. The van der Waals surface area contributed by atoms with Crippen molar-refractivity contribution in [2.24, 2.45) is 0 Å². The number of halogens is 1. The van der Waals surface area contributed by atoms with Crippen molar-refractivity contribution < 1.29 is 14.7 Å². The van der Waals surface area contributed by atoms with Gasteiger partial charge in [0.25, 0.3) is 0 Å². The Morgan fingerprint density at radius 3 is 2.53 bits per heavy atom. The van der Waals surface area contributed by atoms with Crippen molar-refractivity contribution in [2.45, 2.75) is 13.3 Å². The van der Waals surface area contributed by atoms with Crippen molar-refractivity contribution in [3.63, 3.8) is 0 Å². The van der Waals surface area contributed by atoms with Gasteiger partial charge >= 0.3 is 5.97 Å². The number of hydrogen-bond donors (Lipinski definition) is 2. The van der Waals surface area contributed by atoms with E-state index < -0.39 is 5.97 Å². The number of carbonyl (C=O) groups excluding carboxylic acids is 1. The van der Waals surface area contributed by atoms with E-state index in [9.17, 15) is 9.59 Å². The topological polar surface area (TPSA) is 80.4 Å². The van der Waals surface area contributed by atoms with Crippen LogP contribution >= 0.6 is 15.9 Å². The van der Waals surface area contributed by atoms with Crippen LogP contribution in [0.3, 0.4) is 0 Å². The van der Waals surface area contributed by atoms with Crippen molar-refractivity contribution in [1.29, 1.82) is 0 Å². The quantitative estimate of drug-likeness (QED) is 0.653. The van der Waals surface area contributed by atoms with Crippen LogP contribution in [0.5, 0.6) is 0 Å². The van der Waals surface area contributed by atoms with Crippen LogP contribution in [0.1, 0.15) is 34.1 Å². The van der Waals surface area contributed by atoms with Gasteiger partial charge in [0.1, 0.15) is 0 Å². The molecule has 4 nitrogen and oxygen atoms in total. The molecule has 0 radical (unpaired) electrons. The summed E-state index contributed by atoms with van der Waals surface area (Å²) >= 11 is 3.12. The molecular weight excluding hydrogens is 262 g/mol. The number of aromatic carboxylic acids is 1. The maximum Gasteiger partial charge on any atom is 0.337 e. The number of carboxylic acid groups (broad SMARTS) is 1. The van der Waals surface area contributed by atoms with E-state index in [1.54, 1.807) is 6.92 Å². The average Bonchev–Trinajstić information content (AvgIpc) is 2.20. The first-order valence-electron chi connectivity index (χ1n) is 4.32. The molecular formula is C10H10BrNO3. The fourth-order valence-corrected chi connectivity index (χ4v) is 1.62. The normalized spacial score (nSPS) is 10.0. The molecule has 0 amide bonds. The molecule has 5 heteroatoms. The first kappa shape index (κ1) is 11.7. The van der Waals surface area contributed by atoms with Gasteiger partial charge in [-0.15, -0.1) is 0 Å². The molecule has 1 rings (SSSR count). The lowest BCUT2D eigenvalue weighted by molar-refractivity contribution is 0.0698. The van der Waals surface area contributed by atoms with Gasteiger partial charge in [0.15, 0.2) is 5.78 Å². The lowest BCUT2D eigenvalue weighted by atomic mass is 10.0. The van der Waals surface area contributed by atoms with Crippen LogP contribution in [0.4, 0.5) is 5.69 Å². The van der Waals surface area contributed by atoms with E-state index in [1.807, 2.05) is 0 Å². The summed E-state index contributed by atoms with van der Waals surface area (Å²) in [6.07, 6.45) is 0.329. The second-order valence-corrected chi connectivity index (χ2v) is 3.86. The second kappa shape index (κ2) is 4.44. The van der Waals surface area contributed by atoms with Gasteiger partial charge in [0.2, 0.25) is 0 Å². The molecule has 1 aromatic carbocycles. The number of carbonyl (C=O) groups is 2. The third-order valence-electron chi connectivity index (χ3n) is 2.00. The van der Waals surface area contributed by atoms with Gasteiger partial charge in [-0.2, -0.15) is 0 Å². The Bertz CT molecular complexity index is 429. The molecule has 1 aromatic rings. The fraction of sp³-hybridized carbons (Fsp3) is 0.200. The smallest absolute Gasteiger partial charge is 0.337 e. The first-order valence-corrected chi connectivity index (χ1v) is 5.12. The van der Waals surface area contributed by atoms with E-state index in [4.69, 9.17) is 10.8 Å². The minimum absolute atomic E-state index is 0.0545. The molecule has 0 spiro atoms. The van der Waals surface area contributed by atoms with E-state index in [2.05, 4.69) is 15.9 Å². The fourth-order valence-electron chi connectivity index (χ4n) is 1.16. The Labute approximate surface area is 95.2 Å². The van der Waals surface area contributed by atoms with Gasteiger partial charge in [-0.05, 0) is 28.1 Å². The van der Waals surface area contributed by atoms with Crippen molar-refractivity contribution in [1.82, 2.24) is 0 Å². The number of ketones is 1. The lowest BCUT2D eigenvalue weighted by Crippen LogP contribution is -2.06. The molecule has 0 bridgehead atoms. The average molecular weight is 272 g/mol. The molecule has 0 heterocycles. The largest absolute Gasteiger partial charge is 0.478 e. The minimum Gasteiger partial charge on any atom is -0.478 e. The van der Waals surface area contributed by atoms with E-state index in [-0.39, 0.29) is 17.0 Å². The third kappa shape index (κ3) is 2.36. The van der Waals surface area contributed by atoms with E-state index in [1.165, 1.54) is 12.1 Å². The Hall–Kier alpha value is -1.36. The van der Waals surface area contributed by atoms with Gasteiger partial charge in [-0.1, -0.05) is 6.92 Å². The molecule has 0 fully saturated rings. The summed E-state index contributed by atoms with van der Waals surface area (Å²) in [4.78, 5) is 22.2. The zero-order chi connectivity index (χ0) is 11.6. The maximum absolute atomic E-state index is 11.4. The number of rotatable bonds is 3. The van der Waals surface area contributed by atoms with E-state index >= 15 is 0 Å². The number of benzene rings is 1. The number of nitrogen functional groups attached to an aromatic ring is 1. The first-order chi connectivity index (χ1) is 6.97. The Morgan fingerprint density at radius 2 is 2.07 bits per heavy atom. The zero-order valence-corrected chi connectivity index (χ0v) is 9.67. The van der Waals surface area contributed by atoms with Crippen molar-refractivity contribution in [3.05, 3.63) is 27.7 Å². The molecule has 0 aliphatic heterocycles. The highest BCUT2D eigenvalue weighted by Crippen LogP contribution is 2.26. The molecule has 0 aliphatic carbocycles. The highest BCUT2D eigenvalue weighted by atomic mass is 79.9. The summed E-state index contributed by atoms with van der Waals surface area (Å²) in [6.45, 7) is 1.72. The van der Waals surface area contributed by atoms with Gasteiger partial charge in [-0.3, -0.25) is 4.79 Å². The molecule has 0 aliphatic rings. The third-order valence-corrected chi connectivity index (χ3v) is 2.66. The number of anilines is 1. The van der Waals surface area contributed by atoms with Gasteiger partial charge in [0, 0.05) is 16.5 Å². The van der Waals surface area contributed by atoms with E-state index in [0.717, 1.165) is 0 Å². The zero-order valence-electron chi connectivity index (χ0n) is 8.08. The predicted molar refractivity (Wildman–Crippen MR) is 60.1 cm³/mol. The second-order valence-electron chi connectivity index (χ2n) is 3.00. The highest BCUT2D eigenvalue weighted by Gasteiger charge is 2.14. The van der Waals surface area contributed by atoms with Crippen LogP contribution < -0.4 is 5.73 Å². The van der Waals surface area contributed by atoms with Crippen LogP contribution in [-0.2, 0) is 0 Å². The Morgan fingerprint density at radius 1 is 1.47 bits per heavy atom. The summed E-state index contributed by atoms with van der Waals surface area (Å²) in [6, 6.07) is 2.84. The van der Waals surface area contributed by atoms with Gasteiger partial charge < -0.3 is 10.8 Å². The molecule has 0 atom stereocenters. The van der Waals surface area contributed by atoms with Crippen molar-refractivity contribution in [2.75, 3.05) is 5.73 Å². The number of nitrogens with two attached hydrogens (primary N) is 1. The number of Topliss-reactive ketones (excluding diaryl/α,β-unsaturated/α-hetero) is 1. The Balaban J connectivity index is 3.35. The SMILES string of the molecule is CCC(=O)c1cc(Br)c(N)c(C(=O)O)c1. The Kier molecular flexibility index (Phi) is 3.47. The minimum atomic E-state index is -1.14. The van der Waals surface area contributed by atoms with Gasteiger partial charge in [-0.25, -0.2) is 4.79 Å². The summed E-state index contributed by atoms with van der Waals surface area (Å²) in [5, 5.41) is 8.86. The summed E-state index contributed by atoms with van der Waals surface area (Å²) in [5.74, 6) is -1.25. The van der Waals surface area contributed by atoms with Crippen LogP contribution in [0.25, 0.3) is 0 Å². The summed E-state index contributed by atoms with van der Waals surface area (Å²) in [7, 11) is 0. The van der Waals surface area contributed by atoms with Crippen LogP contribution in [0.15, 0.2) is 16.6 Å². The maximum atomic E-state index is 11.4. The molecule has 3 N–H and O–H groups in total. The van der Waals surface area contributed by atoms with Crippen LogP contribution in [0.2, 0.25) is 0 Å². The van der Waals surface area contributed by atoms with Gasteiger partial charge in [0.05, 0.1) is 11.3 Å². The van der Waals surface area contributed by atoms with E-state index in [0.29, 0.717) is 16.5 Å². The molecule has 0 saturated carbocycles. The van der Waals surface area contributed by atoms with Crippen LogP contribution in [-0.4, -0.2) is 16.9 Å². The molecule has 0 unspecified atom stereocenters. The molecule has 80 valence electrons. The molecule has 0 saturated heterocycles. The summed E-state index contributed by atoms with van der Waals surface area (Å²) in [5.41, 5.74) is 5.99.